The van der Waals surface area contributed by atoms with E-state index in [0.717, 1.165) is 118 Å². The molecule has 4 fully saturated rings. The molecule has 2 aliphatic carbocycles. The second-order valence-electron chi connectivity index (χ2n) is 18.1. The third-order valence-electron chi connectivity index (χ3n) is 13.2. The molecule has 2 aliphatic heterocycles. The van der Waals surface area contributed by atoms with E-state index in [9.17, 15) is 42.6 Å². The number of likely N-dealkylation sites (tertiary alicyclic amines) is 2. The van der Waals surface area contributed by atoms with Crippen LogP contribution < -0.4 is 21.3 Å². The summed E-state index contributed by atoms with van der Waals surface area (Å²) in [6.45, 7) is 6.70. The van der Waals surface area contributed by atoms with Crippen molar-refractivity contribution in [2.24, 2.45) is 0 Å². The van der Waals surface area contributed by atoms with Gasteiger partial charge >= 0.3 is 6.18 Å². The van der Waals surface area contributed by atoms with Gasteiger partial charge in [0.05, 0.1) is 42.6 Å². The van der Waals surface area contributed by atoms with Gasteiger partial charge in [-0.25, -0.2) is 0 Å². The lowest BCUT2D eigenvalue weighted by Gasteiger charge is -2.46. The van der Waals surface area contributed by atoms with Crippen molar-refractivity contribution in [1.82, 2.24) is 41.0 Å². The molecule has 6 N–H and O–H groups in total. The molecule has 2 aromatic heterocycles. The van der Waals surface area contributed by atoms with E-state index in [4.69, 9.17) is 0 Å². The molecule has 2 aromatic carbocycles. The Morgan fingerprint density at radius 2 is 1.20 bits per heavy atom. The fourth-order valence-corrected chi connectivity index (χ4v) is 9.54. The Morgan fingerprint density at radius 1 is 0.667 bits per heavy atom. The number of hydrogen-bond donors (Lipinski definition) is 6. The Labute approximate surface area is 382 Å². The van der Waals surface area contributed by atoms with Crippen molar-refractivity contribution in [2.75, 3.05) is 39.3 Å². The van der Waals surface area contributed by atoms with E-state index >= 15 is 0 Å². The van der Waals surface area contributed by atoms with Crippen LogP contribution in [0.3, 0.4) is 0 Å². The second kappa shape index (κ2) is 21.5. The molecule has 0 bridgehead atoms. The quantitative estimate of drug-likeness (QED) is 0.103. The number of aromatic nitrogens is 2. The number of rotatable bonds is 12. The number of halogens is 3. The maximum atomic E-state index is 12.8. The van der Waals surface area contributed by atoms with E-state index in [1.54, 1.807) is 18.2 Å². The van der Waals surface area contributed by atoms with Crippen molar-refractivity contribution < 1.29 is 42.6 Å². The van der Waals surface area contributed by atoms with E-state index in [2.05, 4.69) is 41.0 Å². The summed E-state index contributed by atoms with van der Waals surface area (Å²) in [4.78, 5) is 62.1. The molecule has 2 saturated carbocycles. The number of alkyl halides is 3. The Balaban J connectivity index is 0.000000198. The number of aryl methyl sites for hydroxylation is 2. The smallest absolute Gasteiger partial charge is 0.416 e. The summed E-state index contributed by atoms with van der Waals surface area (Å²) in [7, 11) is 0. The molecule has 0 radical (unpaired) electrons. The summed E-state index contributed by atoms with van der Waals surface area (Å²) >= 11 is 0. The molecule has 8 rings (SSSR count). The number of benzene rings is 2. The molecule has 17 heteroatoms. The van der Waals surface area contributed by atoms with Gasteiger partial charge in [-0.1, -0.05) is 23.8 Å². The summed E-state index contributed by atoms with van der Waals surface area (Å²) in [6, 6.07) is 17.8. The fraction of sp³-hybridized carbons (Fsp3) is 0.469. The van der Waals surface area contributed by atoms with Gasteiger partial charge in [0.15, 0.2) is 0 Å². The largest absolute Gasteiger partial charge is 0.506 e. The molecule has 4 aromatic rings. The molecule has 14 nitrogen and oxygen atoms in total. The predicted octanol–water partition coefficient (Wildman–Crippen LogP) is 5.72. The van der Waals surface area contributed by atoms with Crippen molar-refractivity contribution in [1.29, 1.82) is 0 Å². The van der Waals surface area contributed by atoms with Crippen molar-refractivity contribution >= 4 is 23.6 Å². The molecule has 0 atom stereocenters. The Hall–Kier alpha value is -6.07. The maximum Gasteiger partial charge on any atom is 0.416 e. The third-order valence-corrected chi connectivity index (χ3v) is 13.2. The molecular formula is C49H59F3N8O6. The first-order chi connectivity index (χ1) is 31.6. The van der Waals surface area contributed by atoms with Crippen molar-refractivity contribution in [2.45, 2.75) is 107 Å². The zero-order valence-electron chi connectivity index (χ0n) is 37.3. The molecule has 0 unspecified atom stereocenters. The molecule has 0 spiro atoms. The zero-order chi connectivity index (χ0) is 47.0. The minimum Gasteiger partial charge on any atom is -0.506 e. The van der Waals surface area contributed by atoms with Crippen molar-refractivity contribution in [3.8, 4) is 11.5 Å². The number of aromatic hydroxyl groups is 2. The van der Waals surface area contributed by atoms with Crippen LogP contribution in [0, 0.1) is 13.8 Å². The summed E-state index contributed by atoms with van der Waals surface area (Å²) < 4.78 is 38.4. The summed E-state index contributed by atoms with van der Waals surface area (Å²) in [5.41, 5.74) is 3.33. The molecule has 4 aliphatic rings. The van der Waals surface area contributed by atoms with Gasteiger partial charge in [-0.05, 0) is 125 Å². The SMILES string of the molecule is Cc1ccc(O)c(C2CCC(N3CC(NC(=O)CNC(=O)c4cccc(C(F)(F)F)c4)C3)CC2)n1.Cc1cccc(C(=O)NCC(=O)NC2CN(C3CCC(c4cncc(O)c4)CC3)C2)c1. The lowest BCUT2D eigenvalue weighted by atomic mass is 9.81. The van der Waals surface area contributed by atoms with Gasteiger partial charge in [0.2, 0.25) is 11.8 Å². The van der Waals surface area contributed by atoms with Gasteiger partial charge in [0.25, 0.3) is 11.8 Å². The monoisotopic (exact) mass is 912 g/mol. The molecule has 352 valence electrons. The molecule has 4 amide bonds. The van der Waals surface area contributed by atoms with Gasteiger partial charge in [-0.3, -0.25) is 38.9 Å². The van der Waals surface area contributed by atoms with Gasteiger partial charge in [0.1, 0.15) is 11.5 Å². The van der Waals surface area contributed by atoms with E-state index < -0.39 is 17.6 Å². The lowest BCUT2D eigenvalue weighted by Crippen LogP contribution is -2.63. The number of hydrogen-bond acceptors (Lipinski definition) is 10. The third kappa shape index (κ3) is 12.8. The first-order valence-corrected chi connectivity index (χ1v) is 22.8. The summed E-state index contributed by atoms with van der Waals surface area (Å²) in [5, 5.41) is 30.7. The number of nitrogens with one attached hydrogen (secondary N) is 4. The first kappa shape index (κ1) is 47.9. The Morgan fingerprint density at radius 3 is 1.73 bits per heavy atom. The summed E-state index contributed by atoms with van der Waals surface area (Å²) in [6.07, 6.45) is 7.09. The van der Waals surface area contributed by atoms with Gasteiger partial charge in [-0.2, -0.15) is 13.2 Å². The highest BCUT2D eigenvalue weighted by Crippen LogP contribution is 2.39. The van der Waals surface area contributed by atoms with Gasteiger partial charge in [-0.15, -0.1) is 0 Å². The van der Waals surface area contributed by atoms with E-state index in [0.29, 0.717) is 23.6 Å². The van der Waals surface area contributed by atoms with Crippen LogP contribution in [0.5, 0.6) is 11.5 Å². The minimum atomic E-state index is -4.54. The molecule has 66 heavy (non-hydrogen) atoms. The average Bonchev–Trinajstić information content (AvgIpc) is 3.28. The van der Waals surface area contributed by atoms with E-state index in [1.165, 1.54) is 12.3 Å². The van der Waals surface area contributed by atoms with Crippen molar-refractivity contribution in [3.63, 3.8) is 0 Å². The van der Waals surface area contributed by atoms with E-state index in [-0.39, 0.29) is 65.9 Å². The zero-order valence-corrected chi connectivity index (χ0v) is 37.3. The maximum absolute atomic E-state index is 12.8. The van der Waals surface area contributed by atoms with E-state index in [1.807, 2.05) is 44.3 Å². The van der Waals surface area contributed by atoms with Crippen LogP contribution >= 0.6 is 0 Å². The lowest BCUT2D eigenvalue weighted by molar-refractivity contribution is -0.137. The normalized spacial score (nSPS) is 21.5. The minimum absolute atomic E-state index is 0.00760. The van der Waals surface area contributed by atoms with Gasteiger partial charge < -0.3 is 31.5 Å². The van der Waals surface area contributed by atoms with Crippen LogP contribution in [0.4, 0.5) is 13.2 Å². The highest BCUT2D eigenvalue weighted by molar-refractivity contribution is 5.97. The number of amides is 4. The molecule has 4 heterocycles. The van der Waals surface area contributed by atoms with Crippen LogP contribution in [0.15, 0.2) is 79.1 Å². The topological polar surface area (TPSA) is 189 Å². The highest BCUT2D eigenvalue weighted by atomic mass is 19.4. The van der Waals surface area contributed by atoms with Crippen LogP contribution in [0.1, 0.15) is 112 Å². The number of pyridine rings is 2. The first-order valence-electron chi connectivity index (χ1n) is 22.8. The summed E-state index contributed by atoms with van der Waals surface area (Å²) in [5.74, 6) is -0.277. The van der Waals surface area contributed by atoms with Crippen LogP contribution in [-0.4, -0.2) is 117 Å². The van der Waals surface area contributed by atoms with Crippen molar-refractivity contribution in [3.05, 3.63) is 118 Å². The fourth-order valence-electron chi connectivity index (χ4n) is 9.54. The predicted molar refractivity (Wildman–Crippen MR) is 241 cm³/mol. The highest BCUT2D eigenvalue weighted by Gasteiger charge is 2.37. The molecule has 2 saturated heterocycles. The van der Waals surface area contributed by atoms with Gasteiger partial charge in [0, 0.05) is 67.2 Å². The standard InChI is InChI=1S/C25H29F3N4O3.C24H30N4O3/c1-15-5-10-21(33)23(30-15)16-6-8-20(9-7-16)32-13-19(14-32)31-22(34)12-29-24(35)17-3-2-4-18(11-17)25(26,27)28;1-16-3-2-4-18(9-16)24(31)26-13-23(30)27-20-14-28(15-20)21-7-5-17(6-8-21)19-10-22(29)12-25-11-19/h2-5,10-11,16,19-20,33H,6-9,12-14H2,1H3,(H,29,35)(H,31,34);2-4,9-12,17,20-21,29H,5-8,13-15H2,1H3,(H,26,31)(H,27,30). The average molecular weight is 913 g/mol. The Bertz CT molecular complexity index is 2340. The van der Waals surface area contributed by atoms with Crippen LogP contribution in [0.2, 0.25) is 0 Å². The van der Waals surface area contributed by atoms with Crippen LogP contribution in [-0.2, 0) is 15.8 Å². The molecular weight excluding hydrogens is 854 g/mol. The number of nitrogens with zero attached hydrogens (tertiary/aromatic N) is 4. The number of carbonyl (C=O) groups is 4. The second-order valence-corrected chi connectivity index (χ2v) is 18.1. The van der Waals surface area contributed by atoms with Crippen LogP contribution in [0.25, 0.3) is 0 Å². The Kier molecular flexibility index (Phi) is 15.6. The number of carbonyl (C=O) groups excluding carboxylic acids is 4.